The van der Waals surface area contributed by atoms with Gasteiger partial charge in [0, 0.05) is 30.4 Å². The zero-order valence-electron chi connectivity index (χ0n) is 13.4. The van der Waals surface area contributed by atoms with E-state index in [1.165, 1.54) is 50.6 Å². The van der Waals surface area contributed by atoms with Gasteiger partial charge in [0.25, 0.3) is 0 Å². The van der Waals surface area contributed by atoms with E-state index >= 15 is 0 Å². The van der Waals surface area contributed by atoms with Crippen molar-refractivity contribution in [3.05, 3.63) is 17.5 Å². The highest BCUT2D eigenvalue weighted by atomic mass is 15.3. The summed E-state index contributed by atoms with van der Waals surface area (Å²) in [6.45, 7) is 8.88. The maximum Gasteiger partial charge on any atom is 0.225 e. The lowest BCUT2D eigenvalue weighted by molar-refractivity contribution is 0.538. The van der Waals surface area contributed by atoms with Crippen molar-refractivity contribution in [1.29, 1.82) is 0 Å². The summed E-state index contributed by atoms with van der Waals surface area (Å²) in [5.74, 6) is 1.58. The molecule has 1 aromatic rings. The first-order valence-corrected chi connectivity index (χ1v) is 8.35. The lowest BCUT2D eigenvalue weighted by Gasteiger charge is -2.28. The molecule has 0 amide bonds. The quantitative estimate of drug-likeness (QED) is 0.767. The highest BCUT2D eigenvalue weighted by Crippen LogP contribution is 2.27. The van der Waals surface area contributed by atoms with Gasteiger partial charge in [-0.1, -0.05) is 26.7 Å². The Morgan fingerprint density at radius 2 is 1.70 bits per heavy atom. The normalized spacial score (nSPS) is 15.9. The SMILES string of the molecule is CCCC(CCC)c1cc(C)nc(N2CCCCC2)n1. The third kappa shape index (κ3) is 3.94. The summed E-state index contributed by atoms with van der Waals surface area (Å²) >= 11 is 0. The van der Waals surface area contributed by atoms with Crippen molar-refractivity contribution in [3.63, 3.8) is 0 Å². The number of rotatable bonds is 6. The molecule has 2 heterocycles. The second-order valence-corrected chi connectivity index (χ2v) is 6.06. The van der Waals surface area contributed by atoms with Gasteiger partial charge in [0.15, 0.2) is 0 Å². The Kier molecular flexibility index (Phi) is 5.81. The average Bonchev–Trinajstić information content (AvgIpc) is 2.47. The van der Waals surface area contributed by atoms with Crippen LogP contribution >= 0.6 is 0 Å². The summed E-state index contributed by atoms with van der Waals surface area (Å²) in [5, 5.41) is 0. The Morgan fingerprint density at radius 3 is 2.30 bits per heavy atom. The molecule has 2 rings (SSSR count). The zero-order chi connectivity index (χ0) is 14.4. The van der Waals surface area contributed by atoms with Crippen LogP contribution in [0.25, 0.3) is 0 Å². The highest BCUT2D eigenvalue weighted by molar-refractivity contribution is 5.33. The summed E-state index contributed by atoms with van der Waals surface area (Å²) < 4.78 is 0. The van der Waals surface area contributed by atoms with Gasteiger partial charge in [0.1, 0.15) is 0 Å². The number of hydrogen-bond acceptors (Lipinski definition) is 3. The van der Waals surface area contributed by atoms with Gasteiger partial charge >= 0.3 is 0 Å². The van der Waals surface area contributed by atoms with Crippen LogP contribution < -0.4 is 4.90 Å². The highest BCUT2D eigenvalue weighted by Gasteiger charge is 2.18. The van der Waals surface area contributed by atoms with Gasteiger partial charge in [-0.05, 0) is 45.1 Å². The topological polar surface area (TPSA) is 29.0 Å². The van der Waals surface area contributed by atoms with E-state index in [2.05, 4.69) is 36.7 Å². The second kappa shape index (κ2) is 7.61. The van der Waals surface area contributed by atoms with Crippen LogP contribution in [-0.4, -0.2) is 23.1 Å². The minimum Gasteiger partial charge on any atom is -0.341 e. The third-order valence-electron chi connectivity index (χ3n) is 4.19. The van der Waals surface area contributed by atoms with Gasteiger partial charge in [-0.15, -0.1) is 0 Å². The molecule has 1 aromatic heterocycles. The number of aromatic nitrogens is 2. The van der Waals surface area contributed by atoms with Gasteiger partial charge in [0.05, 0.1) is 0 Å². The molecule has 0 unspecified atom stereocenters. The Labute approximate surface area is 123 Å². The van der Waals surface area contributed by atoms with Gasteiger partial charge in [-0.3, -0.25) is 0 Å². The number of piperidine rings is 1. The van der Waals surface area contributed by atoms with Crippen molar-refractivity contribution in [2.75, 3.05) is 18.0 Å². The number of hydrogen-bond donors (Lipinski definition) is 0. The van der Waals surface area contributed by atoms with E-state index in [9.17, 15) is 0 Å². The molecular formula is C17H29N3. The molecule has 0 atom stereocenters. The fraction of sp³-hybridized carbons (Fsp3) is 0.765. The van der Waals surface area contributed by atoms with Crippen molar-refractivity contribution in [2.45, 2.75) is 71.6 Å². The van der Waals surface area contributed by atoms with E-state index in [1.54, 1.807) is 0 Å². The molecule has 0 N–H and O–H groups in total. The van der Waals surface area contributed by atoms with Gasteiger partial charge in [-0.25, -0.2) is 9.97 Å². The molecule has 1 saturated heterocycles. The third-order valence-corrected chi connectivity index (χ3v) is 4.19. The largest absolute Gasteiger partial charge is 0.341 e. The van der Waals surface area contributed by atoms with Crippen molar-refractivity contribution < 1.29 is 0 Å². The number of aryl methyl sites for hydroxylation is 1. The predicted molar refractivity (Wildman–Crippen MR) is 85.4 cm³/mol. The molecule has 20 heavy (non-hydrogen) atoms. The van der Waals surface area contributed by atoms with E-state index in [-0.39, 0.29) is 0 Å². The Hall–Kier alpha value is -1.12. The minimum atomic E-state index is 0.607. The van der Waals surface area contributed by atoms with Crippen LogP contribution in [0.2, 0.25) is 0 Å². The summed E-state index contributed by atoms with van der Waals surface area (Å²) in [5.41, 5.74) is 2.38. The van der Waals surface area contributed by atoms with Crippen molar-refractivity contribution in [3.8, 4) is 0 Å². The molecular weight excluding hydrogens is 246 g/mol. The van der Waals surface area contributed by atoms with E-state index in [0.717, 1.165) is 24.7 Å². The standard InChI is InChI=1S/C17H29N3/c1-4-9-15(10-5-2)16-13-14(3)18-17(19-16)20-11-7-6-8-12-20/h13,15H,4-12H2,1-3H3. The van der Waals surface area contributed by atoms with Crippen molar-refractivity contribution in [1.82, 2.24) is 9.97 Å². The molecule has 0 saturated carbocycles. The van der Waals surface area contributed by atoms with Crippen LogP contribution in [0.4, 0.5) is 5.95 Å². The Bertz CT molecular complexity index is 405. The van der Waals surface area contributed by atoms with Crippen molar-refractivity contribution in [2.24, 2.45) is 0 Å². The maximum absolute atomic E-state index is 4.91. The molecule has 0 aliphatic carbocycles. The first kappa shape index (κ1) is 15.3. The monoisotopic (exact) mass is 275 g/mol. The summed E-state index contributed by atoms with van der Waals surface area (Å²) in [6.07, 6.45) is 8.84. The number of anilines is 1. The van der Waals surface area contributed by atoms with Crippen LogP contribution in [0.15, 0.2) is 6.07 Å². The molecule has 1 aliphatic rings. The summed E-state index contributed by atoms with van der Waals surface area (Å²) in [4.78, 5) is 12.0. The zero-order valence-corrected chi connectivity index (χ0v) is 13.4. The van der Waals surface area contributed by atoms with Crippen LogP contribution in [-0.2, 0) is 0 Å². The lowest BCUT2D eigenvalue weighted by Crippen LogP contribution is -2.31. The van der Waals surface area contributed by atoms with Crippen LogP contribution in [0.5, 0.6) is 0 Å². The molecule has 0 radical (unpaired) electrons. The molecule has 112 valence electrons. The van der Waals surface area contributed by atoms with Gasteiger partial charge in [0.2, 0.25) is 5.95 Å². The summed E-state index contributed by atoms with van der Waals surface area (Å²) in [6, 6.07) is 2.20. The summed E-state index contributed by atoms with van der Waals surface area (Å²) in [7, 11) is 0. The lowest BCUT2D eigenvalue weighted by atomic mass is 9.94. The van der Waals surface area contributed by atoms with E-state index in [1.807, 2.05) is 0 Å². The van der Waals surface area contributed by atoms with Crippen LogP contribution in [0, 0.1) is 6.92 Å². The fourth-order valence-electron chi connectivity index (χ4n) is 3.16. The molecule has 0 aromatic carbocycles. The first-order valence-electron chi connectivity index (χ1n) is 8.35. The molecule has 0 bridgehead atoms. The Morgan fingerprint density at radius 1 is 1.05 bits per heavy atom. The fourth-order valence-corrected chi connectivity index (χ4v) is 3.16. The van der Waals surface area contributed by atoms with Crippen LogP contribution in [0.3, 0.4) is 0 Å². The number of nitrogens with zero attached hydrogens (tertiary/aromatic N) is 3. The van der Waals surface area contributed by atoms with E-state index in [4.69, 9.17) is 4.98 Å². The van der Waals surface area contributed by atoms with E-state index in [0.29, 0.717) is 5.92 Å². The molecule has 3 nitrogen and oxygen atoms in total. The second-order valence-electron chi connectivity index (χ2n) is 6.06. The van der Waals surface area contributed by atoms with Crippen LogP contribution in [0.1, 0.15) is 76.1 Å². The van der Waals surface area contributed by atoms with Gasteiger partial charge in [-0.2, -0.15) is 0 Å². The van der Waals surface area contributed by atoms with Gasteiger partial charge < -0.3 is 4.90 Å². The smallest absolute Gasteiger partial charge is 0.225 e. The minimum absolute atomic E-state index is 0.607. The first-order chi connectivity index (χ1) is 9.74. The molecule has 3 heteroatoms. The molecule has 1 aliphatic heterocycles. The molecule has 0 spiro atoms. The predicted octanol–water partition coefficient (Wildman–Crippen LogP) is 4.46. The average molecular weight is 275 g/mol. The van der Waals surface area contributed by atoms with E-state index < -0.39 is 0 Å². The Balaban J connectivity index is 2.21. The maximum atomic E-state index is 4.91. The van der Waals surface area contributed by atoms with Crippen molar-refractivity contribution >= 4 is 5.95 Å². The molecule has 1 fully saturated rings.